The summed E-state index contributed by atoms with van der Waals surface area (Å²) in [6.07, 6.45) is 0.844. The van der Waals surface area contributed by atoms with E-state index in [4.69, 9.17) is 19.2 Å². The number of carbonyl (C=O) groups is 1. The number of nitrogens with one attached hydrogen (secondary N) is 1. The number of carbonyl (C=O) groups excluding carboxylic acids is 1. The number of benzene rings is 1. The Morgan fingerprint density at radius 3 is 2.64 bits per heavy atom. The molecule has 1 unspecified atom stereocenters. The van der Waals surface area contributed by atoms with E-state index in [9.17, 15) is 9.90 Å². The highest BCUT2D eigenvalue weighted by Gasteiger charge is 2.19. The van der Waals surface area contributed by atoms with Gasteiger partial charge in [-0.05, 0) is 58.0 Å². The largest absolute Gasteiger partial charge is 0.476 e. The standard InChI is InChI=1S/C29H39N5O5/c1-20(35)18-30-25-17-24(32-26-16-22(7-8-23(25)26)34-11-13-37-14-12-34)21-6-9-27(31-19-21)38-15-10-33(5)28(36)39-29(2,3)4/h6-9,16-17,19-20,35H,10-15,18H2,1-5H3,(H,30,32). The van der Waals surface area contributed by atoms with Crippen molar-refractivity contribution in [3.8, 4) is 17.1 Å². The molecule has 2 aromatic heterocycles. The highest BCUT2D eigenvalue weighted by molar-refractivity contribution is 5.95. The van der Waals surface area contributed by atoms with Gasteiger partial charge in [0, 0.05) is 61.3 Å². The van der Waals surface area contributed by atoms with E-state index in [1.807, 2.05) is 32.9 Å². The molecule has 4 rings (SSSR count). The number of aliphatic hydroxyl groups is 1. The fraction of sp³-hybridized carbons (Fsp3) is 0.483. The first-order valence-electron chi connectivity index (χ1n) is 13.3. The van der Waals surface area contributed by atoms with Crippen molar-refractivity contribution in [3.63, 3.8) is 0 Å². The summed E-state index contributed by atoms with van der Waals surface area (Å²) in [6.45, 7) is 11.4. The number of aromatic nitrogens is 2. The van der Waals surface area contributed by atoms with E-state index in [0.717, 1.165) is 46.6 Å². The molecule has 10 heteroatoms. The van der Waals surface area contributed by atoms with Gasteiger partial charge in [0.2, 0.25) is 5.88 Å². The van der Waals surface area contributed by atoms with Crippen molar-refractivity contribution in [2.24, 2.45) is 0 Å². The zero-order valence-corrected chi connectivity index (χ0v) is 23.4. The Balaban J connectivity index is 1.50. The first kappa shape index (κ1) is 28.4. The van der Waals surface area contributed by atoms with E-state index in [1.54, 1.807) is 26.2 Å². The number of fused-ring (bicyclic) bond motifs is 1. The van der Waals surface area contributed by atoms with Gasteiger partial charge in [-0.3, -0.25) is 0 Å². The molecule has 0 saturated carbocycles. The van der Waals surface area contributed by atoms with Crippen molar-refractivity contribution in [2.45, 2.75) is 39.4 Å². The van der Waals surface area contributed by atoms with Gasteiger partial charge in [0.1, 0.15) is 12.2 Å². The predicted molar refractivity (Wildman–Crippen MR) is 153 cm³/mol. The van der Waals surface area contributed by atoms with Crippen LogP contribution in [0.1, 0.15) is 27.7 Å². The fourth-order valence-corrected chi connectivity index (χ4v) is 4.12. The van der Waals surface area contributed by atoms with Crippen molar-refractivity contribution < 1.29 is 24.1 Å². The first-order valence-corrected chi connectivity index (χ1v) is 13.3. The maximum atomic E-state index is 12.1. The summed E-state index contributed by atoms with van der Waals surface area (Å²) in [5, 5.41) is 14.2. The van der Waals surface area contributed by atoms with Gasteiger partial charge >= 0.3 is 6.09 Å². The maximum absolute atomic E-state index is 12.1. The summed E-state index contributed by atoms with van der Waals surface area (Å²) >= 11 is 0. The average Bonchev–Trinajstić information content (AvgIpc) is 2.91. The Kier molecular flexibility index (Phi) is 9.08. The molecule has 1 aliphatic rings. The lowest BCUT2D eigenvalue weighted by Crippen LogP contribution is -2.36. The second-order valence-electron chi connectivity index (χ2n) is 10.7. The van der Waals surface area contributed by atoms with Gasteiger partial charge in [0.15, 0.2) is 0 Å². The number of likely N-dealkylation sites (N-methyl/N-ethyl adjacent to an activating group) is 1. The first-order chi connectivity index (χ1) is 18.6. The number of hydrogen-bond donors (Lipinski definition) is 2. The highest BCUT2D eigenvalue weighted by atomic mass is 16.6. The third-order valence-electron chi connectivity index (χ3n) is 6.17. The van der Waals surface area contributed by atoms with Crippen LogP contribution >= 0.6 is 0 Å². The summed E-state index contributed by atoms with van der Waals surface area (Å²) in [5.41, 5.74) is 3.92. The average molecular weight is 538 g/mol. The van der Waals surface area contributed by atoms with Gasteiger partial charge < -0.3 is 34.4 Å². The second-order valence-corrected chi connectivity index (χ2v) is 10.7. The minimum Gasteiger partial charge on any atom is -0.476 e. The van der Waals surface area contributed by atoms with Crippen LogP contribution in [0.2, 0.25) is 0 Å². The molecule has 2 N–H and O–H groups in total. The van der Waals surface area contributed by atoms with Crippen LogP contribution in [0.3, 0.4) is 0 Å². The Bertz CT molecular complexity index is 1250. The third kappa shape index (κ3) is 7.93. The van der Waals surface area contributed by atoms with Crippen molar-refractivity contribution >= 4 is 28.4 Å². The van der Waals surface area contributed by atoms with Crippen LogP contribution in [-0.4, -0.2) is 90.8 Å². The van der Waals surface area contributed by atoms with Gasteiger partial charge in [-0.1, -0.05) is 0 Å². The number of nitrogens with zero attached hydrogens (tertiary/aromatic N) is 4. The number of pyridine rings is 2. The van der Waals surface area contributed by atoms with Crippen LogP contribution in [0.5, 0.6) is 5.88 Å². The normalized spacial score (nSPS) is 14.7. The lowest BCUT2D eigenvalue weighted by molar-refractivity contribution is 0.0277. The molecule has 0 aliphatic carbocycles. The fourth-order valence-electron chi connectivity index (χ4n) is 4.12. The molecule has 1 aliphatic heterocycles. The summed E-state index contributed by atoms with van der Waals surface area (Å²) in [5.74, 6) is 0.458. The zero-order valence-electron chi connectivity index (χ0n) is 23.4. The SMILES string of the molecule is CC(O)CNc1cc(-c2ccc(OCCN(C)C(=O)OC(C)(C)C)nc2)nc2cc(N3CCOCC3)ccc12. The smallest absolute Gasteiger partial charge is 0.410 e. The molecule has 3 heterocycles. The maximum Gasteiger partial charge on any atom is 0.410 e. The molecule has 1 saturated heterocycles. The number of amides is 1. The lowest BCUT2D eigenvalue weighted by atomic mass is 10.1. The van der Waals surface area contributed by atoms with E-state index in [2.05, 4.69) is 33.4 Å². The Morgan fingerprint density at radius 2 is 1.97 bits per heavy atom. The molecule has 1 fully saturated rings. The Morgan fingerprint density at radius 1 is 1.21 bits per heavy atom. The summed E-state index contributed by atoms with van der Waals surface area (Å²) in [4.78, 5) is 25.3. The van der Waals surface area contributed by atoms with Gasteiger partial charge in [0.05, 0.1) is 37.1 Å². The van der Waals surface area contributed by atoms with Crippen molar-refractivity contribution in [1.82, 2.24) is 14.9 Å². The quantitative estimate of drug-likeness (QED) is 0.416. The van der Waals surface area contributed by atoms with E-state index < -0.39 is 17.8 Å². The molecule has 0 bridgehead atoms. The van der Waals surface area contributed by atoms with Crippen LogP contribution in [0, 0.1) is 0 Å². The number of ether oxygens (including phenoxy) is 3. The predicted octanol–water partition coefficient (Wildman–Crippen LogP) is 4.17. The number of morpholine rings is 1. The molecule has 1 aromatic carbocycles. The molecule has 0 radical (unpaired) electrons. The van der Waals surface area contributed by atoms with Gasteiger partial charge in [-0.15, -0.1) is 0 Å². The number of rotatable bonds is 9. The molecule has 10 nitrogen and oxygen atoms in total. The van der Waals surface area contributed by atoms with E-state index in [-0.39, 0.29) is 6.61 Å². The van der Waals surface area contributed by atoms with E-state index in [0.29, 0.717) is 32.2 Å². The van der Waals surface area contributed by atoms with Crippen LogP contribution < -0.4 is 15.0 Å². The monoisotopic (exact) mass is 537 g/mol. The second kappa shape index (κ2) is 12.5. The van der Waals surface area contributed by atoms with Crippen molar-refractivity contribution in [1.29, 1.82) is 0 Å². The summed E-state index contributed by atoms with van der Waals surface area (Å²) in [7, 11) is 1.67. The molecule has 39 heavy (non-hydrogen) atoms. The number of aliphatic hydroxyl groups excluding tert-OH is 1. The molecular weight excluding hydrogens is 498 g/mol. The van der Waals surface area contributed by atoms with E-state index in [1.165, 1.54) is 4.90 Å². The molecule has 1 atom stereocenters. The number of hydrogen-bond acceptors (Lipinski definition) is 9. The van der Waals surface area contributed by atoms with Gasteiger partial charge in [-0.25, -0.2) is 14.8 Å². The molecular formula is C29H39N5O5. The third-order valence-corrected chi connectivity index (χ3v) is 6.17. The van der Waals surface area contributed by atoms with Crippen molar-refractivity contribution in [3.05, 3.63) is 42.6 Å². The minimum atomic E-state index is -0.545. The lowest BCUT2D eigenvalue weighted by Gasteiger charge is -2.29. The molecule has 1 amide bonds. The van der Waals surface area contributed by atoms with Gasteiger partial charge in [-0.2, -0.15) is 0 Å². The Labute approximate surface area is 229 Å². The minimum absolute atomic E-state index is 0.286. The molecule has 210 valence electrons. The molecule has 3 aromatic rings. The highest BCUT2D eigenvalue weighted by Crippen LogP contribution is 2.31. The van der Waals surface area contributed by atoms with Crippen LogP contribution in [0.25, 0.3) is 22.2 Å². The van der Waals surface area contributed by atoms with Gasteiger partial charge in [0.25, 0.3) is 0 Å². The van der Waals surface area contributed by atoms with Crippen LogP contribution in [-0.2, 0) is 9.47 Å². The summed E-state index contributed by atoms with van der Waals surface area (Å²) in [6, 6.07) is 12.0. The topological polar surface area (TPSA) is 109 Å². The van der Waals surface area contributed by atoms with Crippen LogP contribution in [0.4, 0.5) is 16.2 Å². The van der Waals surface area contributed by atoms with Crippen molar-refractivity contribution in [2.75, 3.05) is 63.3 Å². The van der Waals surface area contributed by atoms with E-state index >= 15 is 0 Å². The molecule has 0 spiro atoms. The Hall–Kier alpha value is -3.63. The summed E-state index contributed by atoms with van der Waals surface area (Å²) < 4.78 is 16.6. The number of anilines is 2. The van der Waals surface area contributed by atoms with Crippen LogP contribution in [0.15, 0.2) is 42.6 Å². The zero-order chi connectivity index (χ0) is 28.0.